The molecule has 10 nitrogen and oxygen atoms in total. The summed E-state index contributed by atoms with van der Waals surface area (Å²) in [6.45, 7) is 2.01. The van der Waals surface area contributed by atoms with Crippen molar-refractivity contribution in [2.75, 3.05) is 52.3 Å². The first kappa shape index (κ1) is 22.9. The fourth-order valence-electron chi connectivity index (χ4n) is 3.56. The molecule has 0 unspecified atom stereocenters. The van der Waals surface area contributed by atoms with E-state index in [0.29, 0.717) is 48.9 Å². The van der Waals surface area contributed by atoms with Crippen molar-refractivity contribution in [1.29, 1.82) is 0 Å². The molecule has 3 rings (SSSR count). The molecule has 0 spiro atoms. The maximum Gasteiger partial charge on any atom is 0.292 e. The molecule has 0 bridgehead atoms. The molecule has 1 saturated heterocycles. The highest BCUT2D eigenvalue weighted by molar-refractivity contribution is 5.95. The van der Waals surface area contributed by atoms with Crippen LogP contribution in [0.3, 0.4) is 0 Å². The van der Waals surface area contributed by atoms with Gasteiger partial charge in [-0.2, -0.15) is 0 Å². The number of carbonyl (C=O) groups is 2. The molecule has 10 heteroatoms. The number of piperazine rings is 1. The van der Waals surface area contributed by atoms with Crippen molar-refractivity contribution in [3.05, 3.63) is 58.1 Å². The summed E-state index contributed by atoms with van der Waals surface area (Å²) in [6, 6.07) is 11.3. The van der Waals surface area contributed by atoms with Crippen LogP contribution in [-0.4, -0.2) is 73.5 Å². The van der Waals surface area contributed by atoms with Gasteiger partial charge in [-0.05, 0) is 24.3 Å². The molecule has 0 atom stereocenters. The van der Waals surface area contributed by atoms with Crippen LogP contribution < -0.4 is 14.8 Å². The number of amides is 2. The third kappa shape index (κ3) is 5.26. The number of nitro groups is 1. The Hall–Kier alpha value is -3.82. The lowest BCUT2D eigenvalue weighted by atomic mass is 10.1. The molecule has 1 fully saturated rings. The van der Waals surface area contributed by atoms with Crippen molar-refractivity contribution in [1.82, 2.24) is 9.80 Å². The Kier molecular flexibility index (Phi) is 7.48. The number of nitrogens with one attached hydrogen (secondary N) is 1. The smallest absolute Gasteiger partial charge is 0.292 e. The van der Waals surface area contributed by atoms with Crippen molar-refractivity contribution < 1.29 is 24.0 Å². The molecule has 1 N–H and O–H groups in total. The molecule has 32 heavy (non-hydrogen) atoms. The molecule has 170 valence electrons. The number of hydrogen-bond acceptors (Lipinski definition) is 7. The lowest BCUT2D eigenvalue weighted by molar-refractivity contribution is -0.384. The number of anilines is 1. The summed E-state index contributed by atoms with van der Waals surface area (Å²) in [5.74, 6) is 0.845. The third-order valence-electron chi connectivity index (χ3n) is 5.31. The Morgan fingerprint density at radius 1 is 1.00 bits per heavy atom. The summed E-state index contributed by atoms with van der Waals surface area (Å²) in [6.07, 6.45) is 0.204. The first-order valence-corrected chi connectivity index (χ1v) is 10.2. The van der Waals surface area contributed by atoms with Crippen molar-refractivity contribution in [3.63, 3.8) is 0 Å². The lowest BCUT2D eigenvalue weighted by Crippen LogP contribution is -2.50. The van der Waals surface area contributed by atoms with E-state index in [-0.39, 0.29) is 30.5 Å². The number of hydrogen-bond donors (Lipinski definition) is 1. The van der Waals surface area contributed by atoms with Gasteiger partial charge in [0.1, 0.15) is 5.69 Å². The Bertz CT molecular complexity index is 988. The van der Waals surface area contributed by atoms with Gasteiger partial charge >= 0.3 is 0 Å². The van der Waals surface area contributed by atoms with Crippen molar-refractivity contribution in [3.8, 4) is 11.5 Å². The average Bonchev–Trinajstić information content (AvgIpc) is 2.83. The Morgan fingerprint density at radius 2 is 1.66 bits per heavy atom. The zero-order valence-electron chi connectivity index (χ0n) is 18.1. The van der Waals surface area contributed by atoms with E-state index in [4.69, 9.17) is 9.47 Å². The van der Waals surface area contributed by atoms with Crippen molar-refractivity contribution in [2.45, 2.75) is 6.42 Å². The molecule has 2 aromatic carbocycles. The minimum atomic E-state index is -0.460. The number of nitro benzene ring substituents is 1. The summed E-state index contributed by atoms with van der Waals surface area (Å²) >= 11 is 0. The fourth-order valence-corrected chi connectivity index (χ4v) is 3.56. The van der Waals surface area contributed by atoms with Crippen LogP contribution in [0.5, 0.6) is 11.5 Å². The van der Waals surface area contributed by atoms with Gasteiger partial charge in [-0.3, -0.25) is 19.7 Å². The van der Waals surface area contributed by atoms with Crippen LogP contribution in [-0.2, 0) is 4.79 Å². The van der Waals surface area contributed by atoms with E-state index in [2.05, 4.69) is 5.32 Å². The van der Waals surface area contributed by atoms with Gasteiger partial charge in [-0.25, -0.2) is 0 Å². The SMILES string of the molecule is COc1ccc(C(=O)N2CCN(C(=O)CCNc3ccccc3[N+](=O)[O-])CC2)cc1OC. The zero-order chi connectivity index (χ0) is 23.1. The summed E-state index contributed by atoms with van der Waals surface area (Å²) in [5.41, 5.74) is 0.856. The molecule has 1 heterocycles. The van der Waals surface area contributed by atoms with Gasteiger partial charge < -0.3 is 24.6 Å². The number of methoxy groups -OCH3 is 2. The normalized spacial score (nSPS) is 13.4. The summed E-state index contributed by atoms with van der Waals surface area (Å²) in [7, 11) is 3.05. The van der Waals surface area contributed by atoms with Gasteiger partial charge in [0.15, 0.2) is 11.5 Å². The summed E-state index contributed by atoms with van der Waals surface area (Å²) in [4.78, 5) is 39.4. The van der Waals surface area contributed by atoms with E-state index in [1.165, 1.54) is 20.3 Å². The molecule has 1 aliphatic rings. The van der Waals surface area contributed by atoms with E-state index in [1.807, 2.05) is 0 Å². The average molecular weight is 442 g/mol. The topological polar surface area (TPSA) is 114 Å². The number of para-hydroxylation sites is 2. The summed E-state index contributed by atoms with van der Waals surface area (Å²) in [5, 5.41) is 14.0. The third-order valence-corrected chi connectivity index (χ3v) is 5.31. The fraction of sp³-hybridized carbons (Fsp3) is 0.364. The van der Waals surface area contributed by atoms with Crippen LogP contribution in [0.1, 0.15) is 16.8 Å². The van der Waals surface area contributed by atoms with Gasteiger partial charge in [0.05, 0.1) is 19.1 Å². The van der Waals surface area contributed by atoms with E-state index >= 15 is 0 Å². The molecular formula is C22H26N4O6. The minimum Gasteiger partial charge on any atom is -0.493 e. The first-order valence-electron chi connectivity index (χ1n) is 10.2. The monoisotopic (exact) mass is 442 g/mol. The quantitative estimate of drug-likeness (QED) is 0.493. The number of nitrogens with zero attached hydrogens (tertiary/aromatic N) is 3. The van der Waals surface area contributed by atoms with Crippen molar-refractivity contribution in [2.24, 2.45) is 0 Å². The summed E-state index contributed by atoms with van der Waals surface area (Å²) < 4.78 is 10.5. The predicted octanol–water partition coefficient (Wildman–Crippen LogP) is 2.40. The molecule has 2 aromatic rings. The molecule has 0 saturated carbocycles. The maximum absolute atomic E-state index is 12.8. The minimum absolute atomic E-state index is 0.0257. The highest BCUT2D eigenvalue weighted by Crippen LogP contribution is 2.28. The zero-order valence-corrected chi connectivity index (χ0v) is 18.1. The van der Waals surface area contributed by atoms with Gasteiger partial charge in [0.25, 0.3) is 11.6 Å². The van der Waals surface area contributed by atoms with Gasteiger partial charge in [-0.1, -0.05) is 12.1 Å². The highest BCUT2D eigenvalue weighted by atomic mass is 16.6. The van der Waals surface area contributed by atoms with E-state index < -0.39 is 4.92 Å². The second-order valence-electron chi connectivity index (χ2n) is 7.19. The van der Waals surface area contributed by atoms with Crippen LogP contribution >= 0.6 is 0 Å². The molecule has 0 aromatic heterocycles. The standard InChI is InChI=1S/C22H26N4O6/c1-31-19-8-7-16(15-20(19)32-2)22(28)25-13-11-24(12-14-25)21(27)9-10-23-17-5-3-4-6-18(17)26(29)30/h3-8,15,23H,9-14H2,1-2H3. The van der Waals surface area contributed by atoms with Crippen molar-refractivity contribution >= 4 is 23.2 Å². The van der Waals surface area contributed by atoms with E-state index in [0.717, 1.165) is 0 Å². The molecule has 0 radical (unpaired) electrons. The number of rotatable bonds is 8. The van der Waals surface area contributed by atoms with Crippen LogP contribution in [0.25, 0.3) is 0 Å². The highest BCUT2D eigenvalue weighted by Gasteiger charge is 2.25. The van der Waals surface area contributed by atoms with Crippen LogP contribution in [0.4, 0.5) is 11.4 Å². The second-order valence-corrected chi connectivity index (χ2v) is 7.19. The first-order chi connectivity index (χ1) is 15.4. The second kappa shape index (κ2) is 10.5. The van der Waals surface area contributed by atoms with Gasteiger partial charge in [0, 0.05) is 50.8 Å². The molecule has 1 aliphatic heterocycles. The Morgan fingerprint density at radius 3 is 2.31 bits per heavy atom. The van der Waals surface area contributed by atoms with Crippen LogP contribution in [0.2, 0.25) is 0 Å². The van der Waals surface area contributed by atoms with Gasteiger partial charge in [0.2, 0.25) is 5.91 Å². The number of ether oxygens (including phenoxy) is 2. The van der Waals surface area contributed by atoms with Crippen LogP contribution in [0.15, 0.2) is 42.5 Å². The number of carbonyl (C=O) groups excluding carboxylic acids is 2. The predicted molar refractivity (Wildman–Crippen MR) is 118 cm³/mol. The van der Waals surface area contributed by atoms with E-state index in [9.17, 15) is 19.7 Å². The Balaban J connectivity index is 1.49. The lowest BCUT2D eigenvalue weighted by Gasteiger charge is -2.35. The van der Waals surface area contributed by atoms with E-state index in [1.54, 1.807) is 46.2 Å². The largest absolute Gasteiger partial charge is 0.493 e. The Labute approximate surface area is 185 Å². The molecule has 0 aliphatic carbocycles. The van der Waals surface area contributed by atoms with Gasteiger partial charge in [-0.15, -0.1) is 0 Å². The maximum atomic E-state index is 12.8. The van der Waals surface area contributed by atoms with Crippen LogP contribution in [0, 0.1) is 10.1 Å². The number of benzene rings is 2. The molecular weight excluding hydrogens is 416 g/mol. The molecule has 2 amide bonds.